The van der Waals surface area contributed by atoms with E-state index in [2.05, 4.69) is 30.6 Å². The lowest BCUT2D eigenvalue weighted by Crippen LogP contribution is -2.53. The zero-order valence-corrected chi connectivity index (χ0v) is 25.2. The fourth-order valence-electron chi connectivity index (χ4n) is 7.15. The van der Waals surface area contributed by atoms with Crippen molar-refractivity contribution in [1.82, 2.24) is 19.3 Å². The number of aromatic nitrogens is 1. The van der Waals surface area contributed by atoms with E-state index in [1.54, 1.807) is 4.90 Å². The maximum Gasteiger partial charge on any atom is 0.409 e. The molecule has 3 aliphatic heterocycles. The summed E-state index contributed by atoms with van der Waals surface area (Å²) < 4.78 is 7.68. The molecule has 9 nitrogen and oxygen atoms in total. The number of amides is 3. The van der Waals surface area contributed by atoms with E-state index in [1.807, 2.05) is 28.0 Å². The third-order valence-corrected chi connectivity index (χ3v) is 9.40. The molecule has 3 saturated heterocycles. The zero-order chi connectivity index (χ0) is 29.6. The first-order chi connectivity index (χ1) is 20.4. The second-order valence-electron chi connectivity index (χ2n) is 12.1. The Bertz CT molecular complexity index is 1330. The van der Waals surface area contributed by atoms with Crippen molar-refractivity contribution in [1.29, 1.82) is 5.26 Å². The van der Waals surface area contributed by atoms with Gasteiger partial charge in [0.15, 0.2) is 0 Å². The van der Waals surface area contributed by atoms with E-state index in [-0.39, 0.29) is 29.9 Å². The van der Waals surface area contributed by atoms with Crippen LogP contribution in [0.5, 0.6) is 0 Å². The van der Waals surface area contributed by atoms with E-state index < -0.39 is 6.04 Å². The summed E-state index contributed by atoms with van der Waals surface area (Å²) in [6, 6.07) is 10.0. The molecule has 42 heavy (non-hydrogen) atoms. The molecular weight excluding hydrogens is 530 g/mol. The van der Waals surface area contributed by atoms with Crippen LogP contribution in [-0.2, 0) is 27.3 Å². The number of rotatable bonds is 9. The number of aryl methyl sites for hydroxylation is 2. The minimum atomic E-state index is -0.406. The summed E-state index contributed by atoms with van der Waals surface area (Å²) in [5, 5.41) is 10.5. The van der Waals surface area contributed by atoms with Crippen molar-refractivity contribution < 1.29 is 19.1 Å². The molecule has 3 atom stereocenters. The van der Waals surface area contributed by atoms with Gasteiger partial charge in [0, 0.05) is 50.0 Å². The minimum Gasteiger partial charge on any atom is -0.449 e. The number of hydrogen-bond donors (Lipinski definition) is 0. The standard InChI is InChI=1S/C33H45N5O4/c1-3-5-19-42-33(41)35-16-6-9-26(23-35)31(39)38-18-8-11-29(38)32(40)37-17-7-10-27(37)14-15-28-21-25-13-12-24(22-34)20-30(25)36(28)4-2/h12-13,20-21,26-27,29H,3-11,14-19,23H2,1-2H3/t26?,27-,29+/m0/s1. The first kappa shape index (κ1) is 29.9. The van der Waals surface area contributed by atoms with Gasteiger partial charge in [-0.25, -0.2) is 4.79 Å². The van der Waals surface area contributed by atoms with Gasteiger partial charge in [-0.3, -0.25) is 9.59 Å². The maximum absolute atomic E-state index is 13.9. The summed E-state index contributed by atoms with van der Waals surface area (Å²) in [5.41, 5.74) is 2.98. The van der Waals surface area contributed by atoms with E-state index in [0.29, 0.717) is 38.2 Å². The van der Waals surface area contributed by atoms with Gasteiger partial charge >= 0.3 is 6.09 Å². The molecule has 1 unspecified atom stereocenters. The van der Waals surface area contributed by atoms with E-state index >= 15 is 0 Å². The van der Waals surface area contributed by atoms with Crippen LogP contribution in [-0.4, -0.2) is 82.0 Å². The number of nitrogens with zero attached hydrogens (tertiary/aromatic N) is 5. The van der Waals surface area contributed by atoms with Crippen LogP contribution < -0.4 is 0 Å². The molecule has 0 N–H and O–H groups in total. The van der Waals surface area contributed by atoms with E-state index in [9.17, 15) is 19.6 Å². The Hall–Kier alpha value is -3.54. The molecule has 0 spiro atoms. The number of likely N-dealkylation sites (tertiary alicyclic amines) is 3. The molecule has 1 aromatic heterocycles. The van der Waals surface area contributed by atoms with Gasteiger partial charge in [0.1, 0.15) is 6.04 Å². The summed E-state index contributed by atoms with van der Waals surface area (Å²) in [5.74, 6) is -0.181. The van der Waals surface area contributed by atoms with Crippen molar-refractivity contribution in [2.75, 3.05) is 32.8 Å². The highest BCUT2D eigenvalue weighted by Gasteiger charge is 2.42. The number of carbonyl (C=O) groups is 3. The first-order valence-corrected chi connectivity index (χ1v) is 16.0. The molecule has 226 valence electrons. The lowest BCUT2D eigenvalue weighted by molar-refractivity contribution is -0.147. The van der Waals surface area contributed by atoms with Crippen molar-refractivity contribution in [2.45, 2.75) is 96.7 Å². The maximum atomic E-state index is 13.9. The average molecular weight is 576 g/mol. The van der Waals surface area contributed by atoms with Gasteiger partial charge in [0.25, 0.3) is 0 Å². The third-order valence-electron chi connectivity index (χ3n) is 9.40. The van der Waals surface area contributed by atoms with Gasteiger partial charge in [0.05, 0.1) is 24.2 Å². The second kappa shape index (κ2) is 13.6. The molecule has 2 aromatic rings. The Morgan fingerprint density at radius 3 is 2.55 bits per heavy atom. The number of carbonyl (C=O) groups excluding carboxylic acids is 3. The summed E-state index contributed by atoms with van der Waals surface area (Å²) in [4.78, 5) is 45.7. The minimum absolute atomic E-state index is 0.0110. The highest BCUT2D eigenvalue weighted by Crippen LogP contribution is 2.30. The van der Waals surface area contributed by atoms with E-state index in [4.69, 9.17) is 4.74 Å². The van der Waals surface area contributed by atoms with Crippen LogP contribution in [0.1, 0.15) is 82.9 Å². The predicted octanol–water partition coefficient (Wildman–Crippen LogP) is 5.10. The Morgan fingerprint density at radius 2 is 1.76 bits per heavy atom. The van der Waals surface area contributed by atoms with Crippen LogP contribution in [0.2, 0.25) is 0 Å². The van der Waals surface area contributed by atoms with Crippen molar-refractivity contribution in [3.63, 3.8) is 0 Å². The number of piperidine rings is 1. The van der Waals surface area contributed by atoms with E-state index in [0.717, 1.165) is 81.8 Å². The molecular formula is C33H45N5O4. The molecule has 0 aliphatic carbocycles. The fraction of sp³-hybridized carbons (Fsp3) is 0.636. The highest BCUT2D eigenvalue weighted by molar-refractivity contribution is 5.90. The quantitative estimate of drug-likeness (QED) is 0.388. The Kier molecular flexibility index (Phi) is 9.71. The molecule has 0 radical (unpaired) electrons. The Morgan fingerprint density at radius 1 is 0.976 bits per heavy atom. The third kappa shape index (κ3) is 6.28. The van der Waals surface area contributed by atoms with Crippen LogP contribution >= 0.6 is 0 Å². The molecule has 9 heteroatoms. The molecule has 1 aromatic carbocycles. The summed E-state index contributed by atoms with van der Waals surface area (Å²) >= 11 is 0. The zero-order valence-electron chi connectivity index (χ0n) is 25.2. The van der Waals surface area contributed by atoms with Crippen LogP contribution in [0, 0.1) is 17.2 Å². The second-order valence-corrected chi connectivity index (χ2v) is 12.1. The monoisotopic (exact) mass is 575 g/mol. The largest absolute Gasteiger partial charge is 0.449 e. The van der Waals surface area contributed by atoms with E-state index in [1.165, 1.54) is 5.69 Å². The number of fused-ring (bicyclic) bond motifs is 1. The fourth-order valence-corrected chi connectivity index (χ4v) is 7.15. The predicted molar refractivity (Wildman–Crippen MR) is 161 cm³/mol. The van der Waals surface area contributed by atoms with Gasteiger partial charge < -0.3 is 24.0 Å². The Labute approximate surface area is 249 Å². The van der Waals surface area contributed by atoms with Crippen LogP contribution in [0.25, 0.3) is 10.9 Å². The summed E-state index contributed by atoms with van der Waals surface area (Å²) in [6.45, 7) is 7.75. The van der Waals surface area contributed by atoms with Crippen molar-refractivity contribution >= 4 is 28.8 Å². The lowest BCUT2D eigenvalue weighted by Gasteiger charge is -2.36. The number of unbranched alkanes of at least 4 members (excludes halogenated alkanes) is 1. The smallest absolute Gasteiger partial charge is 0.409 e. The average Bonchev–Trinajstić information content (AvgIpc) is 3.77. The normalized spacial score (nSPS) is 22.5. The molecule has 4 heterocycles. The van der Waals surface area contributed by atoms with Gasteiger partial charge in [-0.15, -0.1) is 0 Å². The molecule has 3 amide bonds. The van der Waals surface area contributed by atoms with Gasteiger partial charge in [-0.1, -0.05) is 19.4 Å². The topological polar surface area (TPSA) is 98.9 Å². The Balaban J connectivity index is 1.21. The summed E-state index contributed by atoms with van der Waals surface area (Å²) in [6.07, 6.45) is 8.21. The van der Waals surface area contributed by atoms with Crippen LogP contribution in [0.3, 0.4) is 0 Å². The van der Waals surface area contributed by atoms with Gasteiger partial charge in [-0.05, 0) is 88.3 Å². The molecule has 3 aliphatic rings. The van der Waals surface area contributed by atoms with Crippen molar-refractivity contribution in [3.8, 4) is 6.07 Å². The van der Waals surface area contributed by atoms with Crippen molar-refractivity contribution in [2.24, 2.45) is 5.92 Å². The first-order valence-electron chi connectivity index (χ1n) is 16.0. The number of benzene rings is 1. The molecule has 5 rings (SSSR count). The van der Waals surface area contributed by atoms with Crippen LogP contribution in [0.4, 0.5) is 4.79 Å². The molecule has 0 saturated carbocycles. The highest BCUT2D eigenvalue weighted by atomic mass is 16.6. The molecule has 3 fully saturated rings. The molecule has 0 bridgehead atoms. The van der Waals surface area contributed by atoms with Gasteiger partial charge in [-0.2, -0.15) is 5.26 Å². The SMILES string of the molecule is CCCCOC(=O)N1CCCC(C(=O)N2CCC[C@@H]2C(=O)N2CCC[C@H]2CCc2cc3ccc(C#N)cc3n2CC)C1. The number of hydrogen-bond acceptors (Lipinski definition) is 5. The van der Waals surface area contributed by atoms with Crippen molar-refractivity contribution in [3.05, 3.63) is 35.5 Å². The summed E-state index contributed by atoms with van der Waals surface area (Å²) in [7, 11) is 0. The van der Waals surface area contributed by atoms with Gasteiger partial charge in [0.2, 0.25) is 11.8 Å². The number of ether oxygens (including phenoxy) is 1. The lowest BCUT2D eigenvalue weighted by atomic mass is 9.96. The number of nitriles is 1. The van der Waals surface area contributed by atoms with Crippen LogP contribution in [0.15, 0.2) is 24.3 Å².